The minimum Gasteiger partial charge on any atom is -0.362 e. The third-order valence-corrected chi connectivity index (χ3v) is 3.49. The highest BCUT2D eigenvalue weighted by atomic mass is 127. The van der Waals surface area contributed by atoms with Crippen LogP contribution < -0.4 is 4.72 Å². The molecule has 1 heterocycles. The molecule has 1 aromatic carbocycles. The fourth-order valence-corrected chi connectivity index (χ4v) is 2.52. The Labute approximate surface area is 137 Å². The molecule has 20 heavy (non-hydrogen) atoms. The smallest absolute Gasteiger partial charge is 0.229 e. The number of hydrogen-bond donors (Lipinski definition) is 1. The van der Waals surface area contributed by atoms with E-state index in [2.05, 4.69) is 26.9 Å². The Bertz CT molecular complexity index is 557. The summed E-state index contributed by atoms with van der Waals surface area (Å²) >= 11 is 0. The average Bonchev–Trinajstić information content (AvgIpc) is 2.72. The summed E-state index contributed by atoms with van der Waals surface area (Å²) in [6.07, 6.45) is 6.23. The molecular weight excluding hydrogens is 389 g/mol. The second-order valence-electron chi connectivity index (χ2n) is 4.83. The number of benzene rings is 1. The third-order valence-electron chi connectivity index (χ3n) is 2.88. The van der Waals surface area contributed by atoms with Crippen molar-refractivity contribution in [2.24, 2.45) is 0 Å². The lowest BCUT2D eigenvalue weighted by molar-refractivity contribution is 0.299. The fourth-order valence-electron chi connectivity index (χ4n) is 1.96. The third kappa shape index (κ3) is 5.58. The highest BCUT2D eigenvalue weighted by Gasteiger charge is 2.08. The number of anilines is 1. The van der Waals surface area contributed by atoms with E-state index in [1.807, 2.05) is 19.2 Å². The zero-order chi connectivity index (χ0) is 13.9. The van der Waals surface area contributed by atoms with Gasteiger partial charge in [0.1, 0.15) is 0 Å². The van der Waals surface area contributed by atoms with Crippen molar-refractivity contribution in [3.8, 4) is 0 Å². The molecule has 0 radical (unpaired) electrons. The van der Waals surface area contributed by atoms with Gasteiger partial charge in [0.2, 0.25) is 10.0 Å². The molecule has 0 unspecified atom stereocenters. The summed E-state index contributed by atoms with van der Waals surface area (Å²) < 4.78 is 24.6. The second kappa shape index (κ2) is 7.16. The Kier molecular flexibility index (Phi) is 6.12. The van der Waals surface area contributed by atoms with E-state index in [1.54, 1.807) is 12.1 Å². The minimum atomic E-state index is -3.19. The van der Waals surface area contributed by atoms with Crippen LogP contribution in [0.2, 0.25) is 0 Å². The molecule has 1 aromatic rings. The Morgan fingerprint density at radius 2 is 1.85 bits per heavy atom. The number of rotatable bonds is 5. The fraction of sp³-hybridized carbons (Fsp3) is 0.385. The maximum absolute atomic E-state index is 11.1. The molecule has 0 bridgehead atoms. The highest BCUT2D eigenvalue weighted by molar-refractivity contribution is 14.0. The summed E-state index contributed by atoms with van der Waals surface area (Å²) in [4.78, 5) is 4.36. The van der Waals surface area contributed by atoms with E-state index in [9.17, 15) is 8.42 Å². The predicted molar refractivity (Wildman–Crippen MR) is 92.5 cm³/mol. The van der Waals surface area contributed by atoms with E-state index >= 15 is 0 Å². The SMILES string of the molecule is CN1C=CN(CCc2ccc(NS(C)(=O)=O)cc2)C1.I. The zero-order valence-corrected chi connectivity index (χ0v) is 14.8. The summed E-state index contributed by atoms with van der Waals surface area (Å²) in [5, 5.41) is 0. The van der Waals surface area contributed by atoms with E-state index in [4.69, 9.17) is 0 Å². The van der Waals surface area contributed by atoms with Crippen molar-refractivity contribution in [2.75, 3.05) is 31.2 Å². The summed E-state index contributed by atoms with van der Waals surface area (Å²) in [5.41, 5.74) is 1.80. The van der Waals surface area contributed by atoms with Crippen molar-refractivity contribution in [3.05, 3.63) is 42.2 Å². The van der Waals surface area contributed by atoms with Gasteiger partial charge in [-0.05, 0) is 24.1 Å². The monoisotopic (exact) mass is 409 g/mol. The lowest BCUT2D eigenvalue weighted by Crippen LogP contribution is -2.24. The van der Waals surface area contributed by atoms with Crippen molar-refractivity contribution in [1.29, 1.82) is 0 Å². The van der Waals surface area contributed by atoms with Crippen molar-refractivity contribution >= 4 is 39.7 Å². The predicted octanol–water partition coefficient (Wildman–Crippen LogP) is 1.89. The van der Waals surface area contributed by atoms with Gasteiger partial charge in [0.15, 0.2) is 0 Å². The maximum Gasteiger partial charge on any atom is 0.229 e. The largest absolute Gasteiger partial charge is 0.362 e. The molecule has 0 saturated carbocycles. The molecule has 0 spiro atoms. The Morgan fingerprint density at radius 3 is 2.35 bits per heavy atom. The molecule has 0 atom stereocenters. The first kappa shape index (κ1) is 17.1. The van der Waals surface area contributed by atoms with Gasteiger partial charge >= 0.3 is 0 Å². The van der Waals surface area contributed by atoms with Crippen LogP contribution in [0.3, 0.4) is 0 Å². The van der Waals surface area contributed by atoms with Crippen molar-refractivity contribution in [3.63, 3.8) is 0 Å². The molecule has 1 aliphatic rings. The molecule has 0 aliphatic carbocycles. The van der Waals surface area contributed by atoms with Gasteiger partial charge in [-0.3, -0.25) is 4.72 Å². The first-order chi connectivity index (χ1) is 8.92. The molecule has 7 heteroatoms. The van der Waals surface area contributed by atoms with Gasteiger partial charge in [-0.1, -0.05) is 12.1 Å². The van der Waals surface area contributed by atoms with Crippen LogP contribution in [0.15, 0.2) is 36.7 Å². The van der Waals surface area contributed by atoms with Crippen LogP contribution >= 0.6 is 24.0 Å². The number of halogens is 1. The maximum atomic E-state index is 11.1. The molecular formula is C13H20IN3O2S. The summed E-state index contributed by atoms with van der Waals surface area (Å²) in [5.74, 6) is 0. The first-order valence-corrected chi connectivity index (χ1v) is 8.01. The van der Waals surface area contributed by atoms with Gasteiger partial charge < -0.3 is 9.80 Å². The molecule has 2 rings (SSSR count). The van der Waals surface area contributed by atoms with Gasteiger partial charge in [0, 0.05) is 31.7 Å². The number of nitrogens with one attached hydrogen (secondary N) is 1. The van der Waals surface area contributed by atoms with Gasteiger partial charge in [0.25, 0.3) is 0 Å². The summed E-state index contributed by atoms with van der Waals surface area (Å²) in [7, 11) is -1.15. The molecule has 0 amide bonds. The lowest BCUT2D eigenvalue weighted by atomic mass is 10.1. The van der Waals surface area contributed by atoms with E-state index < -0.39 is 10.0 Å². The normalized spacial score (nSPS) is 14.3. The van der Waals surface area contributed by atoms with Crippen LogP contribution in [0.25, 0.3) is 0 Å². The van der Waals surface area contributed by atoms with Crippen LogP contribution in [0.4, 0.5) is 5.69 Å². The molecule has 0 fully saturated rings. The average molecular weight is 409 g/mol. The van der Waals surface area contributed by atoms with E-state index in [1.165, 1.54) is 5.56 Å². The molecule has 0 aromatic heterocycles. The van der Waals surface area contributed by atoms with E-state index in [0.29, 0.717) is 5.69 Å². The summed E-state index contributed by atoms with van der Waals surface area (Å²) in [6, 6.07) is 7.50. The van der Waals surface area contributed by atoms with E-state index in [-0.39, 0.29) is 24.0 Å². The van der Waals surface area contributed by atoms with Crippen molar-refractivity contribution < 1.29 is 8.42 Å². The number of nitrogens with zero attached hydrogens (tertiary/aromatic N) is 2. The molecule has 1 N–H and O–H groups in total. The second-order valence-corrected chi connectivity index (χ2v) is 6.58. The number of sulfonamides is 1. The molecule has 112 valence electrons. The van der Waals surface area contributed by atoms with Crippen molar-refractivity contribution in [2.45, 2.75) is 6.42 Å². The van der Waals surface area contributed by atoms with Gasteiger partial charge in [-0.25, -0.2) is 8.42 Å². The minimum absolute atomic E-state index is 0. The highest BCUT2D eigenvalue weighted by Crippen LogP contribution is 2.12. The van der Waals surface area contributed by atoms with Crippen LogP contribution in [0, 0.1) is 0 Å². The van der Waals surface area contributed by atoms with E-state index in [0.717, 1.165) is 25.9 Å². The zero-order valence-electron chi connectivity index (χ0n) is 11.6. The first-order valence-electron chi connectivity index (χ1n) is 6.12. The molecule has 5 nitrogen and oxygen atoms in total. The van der Waals surface area contributed by atoms with Gasteiger partial charge in [-0.2, -0.15) is 0 Å². The quantitative estimate of drug-likeness (QED) is 0.755. The molecule has 1 aliphatic heterocycles. The standard InChI is InChI=1S/C13H19N3O2S.HI/c1-15-9-10-16(11-15)8-7-12-3-5-13(6-4-12)14-19(2,17)18;/h3-6,9-10,14H,7-8,11H2,1-2H3;1H. The van der Waals surface area contributed by atoms with Crippen LogP contribution in [0.5, 0.6) is 0 Å². The Balaban J connectivity index is 0.00000200. The molecule has 0 saturated heterocycles. The summed E-state index contributed by atoms with van der Waals surface area (Å²) in [6.45, 7) is 1.88. The van der Waals surface area contributed by atoms with Crippen LogP contribution in [-0.2, 0) is 16.4 Å². The Hall–Kier alpha value is -0.960. The lowest BCUT2D eigenvalue weighted by Gasteiger charge is -2.18. The van der Waals surface area contributed by atoms with Gasteiger partial charge in [-0.15, -0.1) is 24.0 Å². The Morgan fingerprint density at radius 1 is 1.20 bits per heavy atom. The van der Waals surface area contributed by atoms with Crippen LogP contribution in [0.1, 0.15) is 5.56 Å². The topological polar surface area (TPSA) is 52.6 Å². The number of hydrogen-bond acceptors (Lipinski definition) is 4. The van der Waals surface area contributed by atoms with Crippen LogP contribution in [-0.4, -0.2) is 44.7 Å². The van der Waals surface area contributed by atoms with Crippen molar-refractivity contribution in [1.82, 2.24) is 9.80 Å². The van der Waals surface area contributed by atoms with Gasteiger partial charge in [0.05, 0.1) is 12.9 Å².